The smallest absolute Gasteiger partial charge is 0.221 e. The summed E-state index contributed by atoms with van der Waals surface area (Å²) in [7, 11) is 0. The molecule has 0 bridgehead atoms. The SMILES string of the molecule is CC1CCCCC1NC(=O)CCSCc1ccccc1Cl. The molecule has 0 spiro atoms. The second kappa shape index (κ2) is 8.70. The fourth-order valence-electron chi connectivity index (χ4n) is 2.77. The van der Waals surface area contributed by atoms with Crippen LogP contribution in [0.4, 0.5) is 0 Å². The molecule has 1 saturated carbocycles. The van der Waals surface area contributed by atoms with E-state index in [1.54, 1.807) is 11.8 Å². The van der Waals surface area contributed by atoms with Gasteiger partial charge in [-0.25, -0.2) is 0 Å². The maximum Gasteiger partial charge on any atom is 0.221 e. The molecule has 2 rings (SSSR count). The summed E-state index contributed by atoms with van der Waals surface area (Å²) in [6, 6.07) is 8.28. The van der Waals surface area contributed by atoms with Crippen LogP contribution in [0.5, 0.6) is 0 Å². The molecule has 1 aliphatic carbocycles. The van der Waals surface area contributed by atoms with Crippen molar-refractivity contribution >= 4 is 29.3 Å². The topological polar surface area (TPSA) is 29.1 Å². The van der Waals surface area contributed by atoms with Crippen LogP contribution < -0.4 is 5.32 Å². The van der Waals surface area contributed by atoms with Crippen molar-refractivity contribution in [2.75, 3.05) is 5.75 Å². The van der Waals surface area contributed by atoms with Gasteiger partial charge in [0.25, 0.3) is 0 Å². The van der Waals surface area contributed by atoms with Crippen LogP contribution >= 0.6 is 23.4 Å². The lowest BCUT2D eigenvalue weighted by Crippen LogP contribution is -2.41. The average molecular weight is 326 g/mol. The van der Waals surface area contributed by atoms with Crippen LogP contribution in [0, 0.1) is 5.92 Å². The average Bonchev–Trinajstić information content (AvgIpc) is 2.48. The van der Waals surface area contributed by atoms with Crippen molar-refractivity contribution in [3.8, 4) is 0 Å². The Morgan fingerprint density at radius 2 is 2.10 bits per heavy atom. The zero-order valence-electron chi connectivity index (χ0n) is 12.6. The second-order valence-electron chi connectivity index (χ2n) is 5.83. The van der Waals surface area contributed by atoms with Crippen LogP contribution in [0.2, 0.25) is 5.02 Å². The molecule has 0 heterocycles. The lowest BCUT2D eigenvalue weighted by atomic mass is 9.86. The molecule has 21 heavy (non-hydrogen) atoms. The summed E-state index contributed by atoms with van der Waals surface area (Å²) in [5.41, 5.74) is 1.14. The lowest BCUT2D eigenvalue weighted by Gasteiger charge is -2.29. The molecule has 2 unspecified atom stereocenters. The first-order chi connectivity index (χ1) is 10.2. The number of hydrogen-bond donors (Lipinski definition) is 1. The Bertz CT molecular complexity index is 466. The van der Waals surface area contributed by atoms with Gasteiger partial charge in [-0.2, -0.15) is 11.8 Å². The zero-order valence-corrected chi connectivity index (χ0v) is 14.2. The number of carbonyl (C=O) groups is 1. The number of benzene rings is 1. The number of halogens is 1. The Morgan fingerprint density at radius 3 is 2.86 bits per heavy atom. The summed E-state index contributed by atoms with van der Waals surface area (Å²) < 4.78 is 0. The molecular formula is C17H24ClNOS. The summed E-state index contributed by atoms with van der Waals surface area (Å²) in [6.45, 7) is 2.25. The molecule has 1 aromatic rings. The monoisotopic (exact) mass is 325 g/mol. The van der Waals surface area contributed by atoms with Crippen molar-refractivity contribution in [3.63, 3.8) is 0 Å². The maximum absolute atomic E-state index is 12.0. The molecule has 1 fully saturated rings. The molecule has 1 aromatic carbocycles. The van der Waals surface area contributed by atoms with E-state index in [9.17, 15) is 4.79 Å². The largest absolute Gasteiger partial charge is 0.353 e. The van der Waals surface area contributed by atoms with Crippen molar-refractivity contribution < 1.29 is 4.79 Å². The molecule has 1 aliphatic rings. The minimum Gasteiger partial charge on any atom is -0.353 e. The van der Waals surface area contributed by atoms with E-state index in [1.165, 1.54) is 19.3 Å². The van der Waals surface area contributed by atoms with Crippen LogP contribution in [-0.2, 0) is 10.5 Å². The van der Waals surface area contributed by atoms with Crippen molar-refractivity contribution in [1.82, 2.24) is 5.32 Å². The van der Waals surface area contributed by atoms with E-state index < -0.39 is 0 Å². The van der Waals surface area contributed by atoms with Crippen LogP contribution in [0.25, 0.3) is 0 Å². The highest BCUT2D eigenvalue weighted by molar-refractivity contribution is 7.98. The minimum absolute atomic E-state index is 0.195. The molecule has 0 aliphatic heterocycles. The molecule has 2 atom stereocenters. The Labute approximate surface area is 137 Å². The molecular weight excluding hydrogens is 302 g/mol. The minimum atomic E-state index is 0.195. The van der Waals surface area contributed by atoms with Crippen LogP contribution in [0.1, 0.15) is 44.6 Å². The fourth-order valence-corrected chi connectivity index (χ4v) is 4.00. The third-order valence-electron chi connectivity index (χ3n) is 4.15. The highest BCUT2D eigenvalue weighted by Gasteiger charge is 2.22. The van der Waals surface area contributed by atoms with E-state index in [0.717, 1.165) is 28.5 Å². The molecule has 2 nitrogen and oxygen atoms in total. The number of nitrogens with one attached hydrogen (secondary N) is 1. The Kier molecular flexibility index (Phi) is 6.91. The Morgan fingerprint density at radius 1 is 1.33 bits per heavy atom. The number of hydrogen-bond acceptors (Lipinski definition) is 2. The van der Waals surface area contributed by atoms with Gasteiger partial charge in [-0.1, -0.05) is 49.6 Å². The molecule has 1 amide bonds. The van der Waals surface area contributed by atoms with Gasteiger partial charge in [0.05, 0.1) is 0 Å². The molecule has 0 saturated heterocycles. The van der Waals surface area contributed by atoms with Gasteiger partial charge in [0.2, 0.25) is 5.91 Å². The summed E-state index contributed by atoms with van der Waals surface area (Å²) in [5, 5.41) is 4.01. The molecule has 1 N–H and O–H groups in total. The third kappa shape index (κ3) is 5.55. The van der Waals surface area contributed by atoms with E-state index >= 15 is 0 Å². The fraction of sp³-hybridized carbons (Fsp3) is 0.588. The van der Waals surface area contributed by atoms with Gasteiger partial charge < -0.3 is 5.32 Å². The molecule has 0 radical (unpaired) electrons. The predicted molar refractivity (Wildman–Crippen MR) is 91.8 cm³/mol. The van der Waals surface area contributed by atoms with Gasteiger partial charge in [-0.05, 0) is 30.4 Å². The van der Waals surface area contributed by atoms with Gasteiger partial charge >= 0.3 is 0 Å². The Balaban J connectivity index is 1.64. The van der Waals surface area contributed by atoms with Crippen molar-refractivity contribution in [2.24, 2.45) is 5.92 Å². The van der Waals surface area contributed by atoms with E-state index in [2.05, 4.69) is 12.2 Å². The number of carbonyl (C=O) groups excluding carboxylic acids is 1. The third-order valence-corrected chi connectivity index (χ3v) is 5.52. The van der Waals surface area contributed by atoms with E-state index in [4.69, 9.17) is 11.6 Å². The van der Waals surface area contributed by atoms with Crippen molar-refractivity contribution in [1.29, 1.82) is 0 Å². The molecule has 116 valence electrons. The number of amides is 1. The standard InChI is InChI=1S/C17H24ClNOS/c1-13-6-2-5-9-16(13)19-17(20)10-11-21-12-14-7-3-4-8-15(14)18/h3-4,7-8,13,16H,2,5-6,9-12H2,1H3,(H,19,20). The lowest BCUT2D eigenvalue weighted by molar-refractivity contribution is -0.121. The van der Waals surface area contributed by atoms with Gasteiger partial charge in [0, 0.05) is 29.0 Å². The summed E-state index contributed by atoms with van der Waals surface area (Å²) in [5.74, 6) is 2.53. The Hall–Kier alpha value is -0.670. The summed E-state index contributed by atoms with van der Waals surface area (Å²) >= 11 is 7.88. The normalized spacial score (nSPS) is 22.0. The first-order valence-electron chi connectivity index (χ1n) is 7.77. The summed E-state index contributed by atoms with van der Waals surface area (Å²) in [4.78, 5) is 12.0. The highest BCUT2D eigenvalue weighted by Crippen LogP contribution is 2.24. The number of thioether (sulfide) groups is 1. The van der Waals surface area contributed by atoms with E-state index in [1.807, 2.05) is 24.3 Å². The second-order valence-corrected chi connectivity index (χ2v) is 7.34. The predicted octanol–water partition coefficient (Wildman–Crippen LogP) is 4.66. The van der Waals surface area contributed by atoms with Crippen LogP contribution in [0.3, 0.4) is 0 Å². The number of rotatable bonds is 6. The molecule has 4 heteroatoms. The maximum atomic E-state index is 12.0. The summed E-state index contributed by atoms with van der Waals surface area (Å²) in [6.07, 6.45) is 5.53. The van der Waals surface area contributed by atoms with E-state index in [-0.39, 0.29) is 5.91 Å². The molecule has 0 aromatic heterocycles. The first-order valence-corrected chi connectivity index (χ1v) is 9.30. The first kappa shape index (κ1) is 16.7. The van der Waals surface area contributed by atoms with Gasteiger partial charge in [0.1, 0.15) is 0 Å². The van der Waals surface area contributed by atoms with Crippen LogP contribution in [-0.4, -0.2) is 17.7 Å². The van der Waals surface area contributed by atoms with Crippen LogP contribution in [0.15, 0.2) is 24.3 Å². The van der Waals surface area contributed by atoms with Crippen molar-refractivity contribution in [3.05, 3.63) is 34.9 Å². The highest BCUT2D eigenvalue weighted by atomic mass is 35.5. The van der Waals surface area contributed by atoms with Gasteiger partial charge in [-0.15, -0.1) is 0 Å². The zero-order chi connectivity index (χ0) is 15.1. The van der Waals surface area contributed by atoms with Crippen molar-refractivity contribution in [2.45, 2.75) is 50.8 Å². The van der Waals surface area contributed by atoms with Gasteiger partial charge in [-0.3, -0.25) is 4.79 Å². The quantitative estimate of drug-likeness (QED) is 0.771. The van der Waals surface area contributed by atoms with Gasteiger partial charge in [0.15, 0.2) is 0 Å². The van der Waals surface area contributed by atoms with E-state index in [0.29, 0.717) is 18.4 Å².